The predicted octanol–water partition coefficient (Wildman–Crippen LogP) is 5.50. The molecule has 1 atom stereocenters. The van der Waals surface area contributed by atoms with Gasteiger partial charge in [0, 0.05) is 22.6 Å². The summed E-state index contributed by atoms with van der Waals surface area (Å²) in [6, 6.07) is 11.9. The predicted molar refractivity (Wildman–Crippen MR) is 136 cm³/mol. The Morgan fingerprint density at radius 1 is 1.14 bits per heavy atom. The van der Waals surface area contributed by atoms with Crippen LogP contribution in [-0.2, 0) is 22.4 Å². The van der Waals surface area contributed by atoms with Crippen molar-refractivity contribution < 1.29 is 14.3 Å². The van der Waals surface area contributed by atoms with Gasteiger partial charge in [0.15, 0.2) is 5.78 Å². The molecule has 0 bridgehead atoms. The lowest BCUT2D eigenvalue weighted by Gasteiger charge is -2.39. The largest absolute Gasteiger partial charge is 0.462 e. The van der Waals surface area contributed by atoms with Crippen molar-refractivity contribution in [2.75, 3.05) is 11.5 Å². The number of allylic oxidation sites excluding steroid dienone is 3. The van der Waals surface area contributed by atoms with Gasteiger partial charge in [-0.25, -0.2) is 4.79 Å². The quantitative estimate of drug-likeness (QED) is 0.452. The molecule has 0 radical (unpaired) electrons. The summed E-state index contributed by atoms with van der Waals surface area (Å²) in [5.74, 6) is -0.510. The third-order valence-electron chi connectivity index (χ3n) is 7.13. The highest BCUT2D eigenvalue weighted by atomic mass is 32.1. The van der Waals surface area contributed by atoms with Crippen molar-refractivity contribution in [2.24, 2.45) is 5.73 Å². The summed E-state index contributed by atoms with van der Waals surface area (Å²) in [5.41, 5.74) is 11.0. The molecular weight excluding hydrogens is 458 g/mol. The van der Waals surface area contributed by atoms with Crippen molar-refractivity contribution in [3.8, 4) is 6.07 Å². The number of hydrogen-bond donors (Lipinski definition) is 1. The van der Waals surface area contributed by atoms with Crippen molar-refractivity contribution in [2.45, 2.75) is 64.2 Å². The van der Waals surface area contributed by atoms with Crippen molar-refractivity contribution >= 4 is 28.1 Å². The van der Waals surface area contributed by atoms with Crippen LogP contribution in [0.2, 0.25) is 0 Å². The van der Waals surface area contributed by atoms with Gasteiger partial charge in [-0.3, -0.25) is 9.69 Å². The number of esters is 1. The zero-order chi connectivity index (χ0) is 24.5. The van der Waals surface area contributed by atoms with Crippen LogP contribution in [0.15, 0.2) is 53.0 Å². The molecule has 0 fully saturated rings. The van der Waals surface area contributed by atoms with Crippen molar-refractivity contribution in [1.82, 2.24) is 0 Å². The number of nitrogens with zero attached hydrogens (tertiary/aromatic N) is 2. The maximum absolute atomic E-state index is 13.4. The first-order valence-electron chi connectivity index (χ1n) is 12.4. The first-order valence-corrected chi connectivity index (χ1v) is 13.2. The van der Waals surface area contributed by atoms with E-state index >= 15 is 0 Å². The number of nitrogens with two attached hydrogens (primary N) is 1. The molecule has 3 aliphatic rings. The molecule has 35 heavy (non-hydrogen) atoms. The van der Waals surface area contributed by atoms with E-state index < -0.39 is 5.92 Å². The summed E-state index contributed by atoms with van der Waals surface area (Å²) in [5, 5.41) is 10.9. The van der Waals surface area contributed by atoms with E-state index in [0.717, 1.165) is 48.9 Å². The van der Waals surface area contributed by atoms with Crippen LogP contribution in [0.4, 0.5) is 5.00 Å². The molecule has 7 heteroatoms. The van der Waals surface area contributed by atoms with Crippen molar-refractivity contribution in [3.05, 3.63) is 74.6 Å². The van der Waals surface area contributed by atoms with E-state index in [1.54, 1.807) is 18.3 Å². The van der Waals surface area contributed by atoms with Gasteiger partial charge >= 0.3 is 5.97 Å². The van der Waals surface area contributed by atoms with Crippen molar-refractivity contribution in [1.29, 1.82) is 5.26 Å². The topological polar surface area (TPSA) is 96.4 Å². The highest BCUT2D eigenvalue weighted by molar-refractivity contribution is 7.16. The van der Waals surface area contributed by atoms with Crippen LogP contribution in [-0.4, -0.2) is 18.4 Å². The first-order chi connectivity index (χ1) is 17.1. The Morgan fingerprint density at radius 2 is 1.91 bits per heavy atom. The van der Waals surface area contributed by atoms with Crippen molar-refractivity contribution in [3.63, 3.8) is 0 Å². The SMILES string of the molecule is CCOC(=O)c1c(N2C(N)=C(C#N)[C@H](c3ccccc3)C3=C2CCCC3=O)sc2c1CCCCC2. The summed E-state index contributed by atoms with van der Waals surface area (Å²) in [6.07, 6.45) is 6.78. The van der Waals surface area contributed by atoms with E-state index in [4.69, 9.17) is 10.5 Å². The first kappa shape index (κ1) is 23.4. The number of hydrogen-bond acceptors (Lipinski definition) is 7. The number of anilines is 1. The number of carbonyl (C=O) groups excluding carboxylic acids is 2. The third-order valence-corrected chi connectivity index (χ3v) is 8.41. The lowest BCUT2D eigenvalue weighted by Crippen LogP contribution is -2.39. The van der Waals surface area contributed by atoms with Gasteiger partial charge in [-0.15, -0.1) is 11.3 Å². The maximum Gasteiger partial charge on any atom is 0.341 e. The highest BCUT2D eigenvalue weighted by Gasteiger charge is 2.42. The second kappa shape index (κ2) is 9.71. The Labute approximate surface area is 209 Å². The second-order valence-electron chi connectivity index (χ2n) is 9.19. The summed E-state index contributed by atoms with van der Waals surface area (Å²) in [7, 11) is 0. The maximum atomic E-state index is 13.4. The molecular formula is C28H29N3O3S. The average Bonchev–Trinajstić information content (AvgIpc) is 3.05. The van der Waals surface area contributed by atoms with Gasteiger partial charge < -0.3 is 10.5 Å². The van der Waals surface area contributed by atoms with Crippen LogP contribution < -0.4 is 10.6 Å². The van der Waals surface area contributed by atoms with Crippen LogP contribution in [0.25, 0.3) is 0 Å². The minimum Gasteiger partial charge on any atom is -0.462 e. The molecule has 6 nitrogen and oxygen atoms in total. The molecule has 0 spiro atoms. The van der Waals surface area contributed by atoms with Gasteiger partial charge in [-0.05, 0) is 56.6 Å². The number of Topliss-reactive ketones (excluding diaryl/α,β-unsaturated/α-hetero) is 1. The molecule has 2 aliphatic carbocycles. The number of thiophene rings is 1. The van der Waals surface area contributed by atoms with E-state index in [2.05, 4.69) is 6.07 Å². The monoisotopic (exact) mass is 487 g/mol. The Bertz CT molecular complexity index is 1280. The smallest absolute Gasteiger partial charge is 0.341 e. The van der Waals surface area contributed by atoms with Gasteiger partial charge in [0.1, 0.15) is 10.8 Å². The molecule has 0 saturated carbocycles. The van der Waals surface area contributed by atoms with Gasteiger partial charge in [-0.2, -0.15) is 5.26 Å². The molecule has 0 unspecified atom stereocenters. The number of fused-ring (bicyclic) bond motifs is 1. The van der Waals surface area contributed by atoms with E-state index in [1.165, 1.54) is 4.88 Å². The molecule has 2 N–H and O–H groups in total. The van der Waals surface area contributed by atoms with Crippen LogP contribution in [0.3, 0.4) is 0 Å². The molecule has 5 rings (SSSR count). The molecule has 1 aromatic carbocycles. The fraction of sp³-hybridized carbons (Fsp3) is 0.393. The number of ketones is 1. The molecule has 180 valence electrons. The third kappa shape index (κ3) is 3.96. The number of rotatable bonds is 4. The number of aryl methyl sites for hydroxylation is 1. The highest BCUT2D eigenvalue weighted by Crippen LogP contribution is 2.50. The average molecular weight is 488 g/mol. The fourth-order valence-corrected chi connectivity index (χ4v) is 7.01. The molecule has 0 amide bonds. The van der Waals surface area contributed by atoms with E-state index in [-0.39, 0.29) is 18.4 Å². The summed E-state index contributed by atoms with van der Waals surface area (Å²) in [6.45, 7) is 2.08. The zero-order valence-electron chi connectivity index (χ0n) is 19.9. The lowest BCUT2D eigenvalue weighted by atomic mass is 9.75. The van der Waals surface area contributed by atoms with Gasteiger partial charge in [0.05, 0.1) is 29.7 Å². The molecule has 1 aromatic heterocycles. The fourth-order valence-electron chi connectivity index (χ4n) is 5.60. The Kier molecular flexibility index (Phi) is 6.48. The van der Waals surface area contributed by atoms with Gasteiger partial charge in [0.2, 0.25) is 0 Å². The second-order valence-corrected chi connectivity index (χ2v) is 10.3. The standard InChI is InChI=1S/C28H29N3O3S/c1-2-34-28(33)24-18-12-7-4-8-15-22(18)35-27(24)31-20-13-9-14-21(32)25(20)23(19(16-29)26(31)30)17-10-5-3-6-11-17/h3,5-6,10-11,23H,2,4,7-9,12-15,30H2,1H3/t23-/m0/s1. The molecule has 1 aliphatic heterocycles. The van der Waals surface area contributed by atoms with Crippen LogP contribution in [0, 0.1) is 11.3 Å². The minimum absolute atomic E-state index is 0.0427. The van der Waals surface area contributed by atoms with E-state index in [9.17, 15) is 14.9 Å². The zero-order valence-corrected chi connectivity index (χ0v) is 20.7. The molecule has 2 heterocycles. The number of benzene rings is 1. The lowest BCUT2D eigenvalue weighted by molar-refractivity contribution is -0.116. The Morgan fingerprint density at radius 3 is 2.66 bits per heavy atom. The van der Waals surface area contributed by atoms with E-state index in [1.807, 2.05) is 35.2 Å². The molecule has 2 aromatic rings. The molecule has 0 saturated heterocycles. The van der Waals surface area contributed by atoms with Gasteiger partial charge in [-0.1, -0.05) is 36.8 Å². The number of carbonyl (C=O) groups is 2. The summed E-state index contributed by atoms with van der Waals surface area (Å²) < 4.78 is 5.50. The minimum atomic E-state index is -0.496. The number of ether oxygens (including phenoxy) is 1. The van der Waals surface area contributed by atoms with Crippen LogP contribution in [0.1, 0.15) is 77.7 Å². The van der Waals surface area contributed by atoms with Gasteiger partial charge in [0.25, 0.3) is 0 Å². The Hall–Kier alpha value is -3.37. The van der Waals surface area contributed by atoms with Crippen LogP contribution in [0.5, 0.6) is 0 Å². The van der Waals surface area contributed by atoms with Crippen LogP contribution >= 0.6 is 11.3 Å². The normalized spacial score (nSPS) is 20.2. The van der Waals surface area contributed by atoms with E-state index in [0.29, 0.717) is 46.8 Å². The summed E-state index contributed by atoms with van der Waals surface area (Å²) in [4.78, 5) is 29.7. The Balaban J connectivity index is 1.76. The number of nitriles is 1. The summed E-state index contributed by atoms with van der Waals surface area (Å²) >= 11 is 1.56.